The molecular weight excluding hydrogens is 324 g/mol. The lowest BCUT2D eigenvalue weighted by Crippen LogP contribution is -2.33. The predicted molar refractivity (Wildman–Crippen MR) is 92.9 cm³/mol. The van der Waals surface area contributed by atoms with Crippen molar-refractivity contribution in [2.24, 2.45) is 0 Å². The van der Waals surface area contributed by atoms with Gasteiger partial charge < -0.3 is 19.7 Å². The van der Waals surface area contributed by atoms with Gasteiger partial charge in [-0.25, -0.2) is 0 Å². The van der Waals surface area contributed by atoms with Crippen LogP contribution < -0.4 is 4.74 Å². The molecule has 2 N–H and O–H groups in total. The normalized spacial score (nSPS) is 12.2. The maximum atomic E-state index is 11.8. The second-order valence-corrected chi connectivity index (χ2v) is 5.40. The Kier molecular flexibility index (Phi) is 6.99. The molecule has 6 nitrogen and oxygen atoms in total. The molecule has 0 aliphatic carbocycles. The summed E-state index contributed by atoms with van der Waals surface area (Å²) >= 11 is 0. The van der Waals surface area contributed by atoms with Crippen LogP contribution in [0.15, 0.2) is 48.5 Å². The fraction of sp³-hybridized carbons (Fsp3) is 0.263. The molecule has 2 aromatic rings. The molecule has 1 atom stereocenters. The Bertz CT molecular complexity index is 723. The molecule has 0 heterocycles. The van der Waals surface area contributed by atoms with E-state index in [4.69, 9.17) is 4.74 Å². The predicted octanol–water partition coefficient (Wildman–Crippen LogP) is 2.97. The molecule has 25 heavy (non-hydrogen) atoms. The number of phenols is 1. The van der Waals surface area contributed by atoms with Crippen molar-refractivity contribution < 1.29 is 29.3 Å². The number of rotatable bonds is 4. The number of methoxy groups -OCH3 is 2. The second-order valence-electron chi connectivity index (χ2n) is 5.40. The van der Waals surface area contributed by atoms with Crippen molar-refractivity contribution in [1.82, 2.24) is 0 Å². The Morgan fingerprint density at radius 3 is 2.00 bits per heavy atom. The zero-order chi connectivity index (χ0) is 19.0. The first-order valence-electron chi connectivity index (χ1n) is 7.47. The van der Waals surface area contributed by atoms with Crippen molar-refractivity contribution in [3.63, 3.8) is 0 Å². The fourth-order valence-corrected chi connectivity index (χ4v) is 2.14. The standard InChI is InChI=1S/C16H16O4.C3H6O2/c1-16(15(18)19,11-6-8-13(17)9-7-11)12-4-3-5-14(10-12)20-2;1-3(4)5-2/h3-10,17H,1-2H3,(H,18,19);1-2H3. The number of hydrogen-bond acceptors (Lipinski definition) is 5. The van der Waals surface area contributed by atoms with Gasteiger partial charge in [0.1, 0.15) is 16.9 Å². The number of carboxylic acid groups (broad SMARTS) is 1. The summed E-state index contributed by atoms with van der Waals surface area (Å²) in [6, 6.07) is 13.2. The molecule has 0 amide bonds. The van der Waals surface area contributed by atoms with Gasteiger partial charge in [-0.05, 0) is 42.3 Å². The van der Waals surface area contributed by atoms with Crippen molar-refractivity contribution in [3.8, 4) is 11.5 Å². The number of benzene rings is 2. The van der Waals surface area contributed by atoms with Gasteiger partial charge in [-0.2, -0.15) is 0 Å². The smallest absolute Gasteiger partial charge is 0.318 e. The van der Waals surface area contributed by atoms with Crippen LogP contribution in [0.4, 0.5) is 0 Å². The van der Waals surface area contributed by atoms with Crippen LogP contribution in [-0.2, 0) is 19.7 Å². The molecule has 0 spiro atoms. The van der Waals surface area contributed by atoms with Crippen LogP contribution >= 0.6 is 0 Å². The van der Waals surface area contributed by atoms with E-state index in [9.17, 15) is 19.8 Å². The van der Waals surface area contributed by atoms with Crippen molar-refractivity contribution >= 4 is 11.9 Å². The average molecular weight is 346 g/mol. The molecule has 1 unspecified atom stereocenters. The lowest BCUT2D eigenvalue weighted by molar-refractivity contribution is -0.141. The third kappa shape index (κ3) is 4.97. The van der Waals surface area contributed by atoms with E-state index in [2.05, 4.69) is 4.74 Å². The molecule has 0 saturated heterocycles. The topological polar surface area (TPSA) is 93.1 Å². The Labute approximate surface area is 146 Å². The van der Waals surface area contributed by atoms with Crippen LogP contribution in [-0.4, -0.2) is 36.4 Å². The summed E-state index contributed by atoms with van der Waals surface area (Å²) in [6.45, 7) is 3.00. The highest BCUT2D eigenvalue weighted by atomic mass is 16.5. The maximum Gasteiger partial charge on any atom is 0.318 e. The molecule has 2 aromatic carbocycles. The van der Waals surface area contributed by atoms with E-state index in [0.29, 0.717) is 16.9 Å². The summed E-state index contributed by atoms with van der Waals surface area (Å²) in [6.07, 6.45) is 0. The van der Waals surface area contributed by atoms with E-state index in [0.717, 1.165) is 0 Å². The minimum atomic E-state index is -1.21. The number of esters is 1. The molecule has 2 rings (SSSR count). The van der Waals surface area contributed by atoms with Crippen LogP contribution in [0.5, 0.6) is 11.5 Å². The van der Waals surface area contributed by atoms with Crippen LogP contribution in [0.25, 0.3) is 0 Å². The molecule has 0 aromatic heterocycles. The minimum absolute atomic E-state index is 0.104. The molecule has 0 radical (unpaired) electrons. The molecule has 0 aliphatic heterocycles. The number of aliphatic carboxylic acids is 1. The van der Waals surface area contributed by atoms with Crippen LogP contribution in [0.3, 0.4) is 0 Å². The van der Waals surface area contributed by atoms with Gasteiger partial charge in [-0.15, -0.1) is 0 Å². The van der Waals surface area contributed by atoms with E-state index in [-0.39, 0.29) is 11.7 Å². The molecule has 0 fully saturated rings. The molecule has 0 aliphatic rings. The van der Waals surface area contributed by atoms with E-state index >= 15 is 0 Å². The number of carboxylic acids is 1. The zero-order valence-corrected chi connectivity index (χ0v) is 14.6. The van der Waals surface area contributed by atoms with E-state index in [1.165, 1.54) is 33.3 Å². The summed E-state index contributed by atoms with van der Waals surface area (Å²) in [4.78, 5) is 21.4. The number of aromatic hydroxyl groups is 1. The first kappa shape index (κ1) is 20.0. The van der Waals surface area contributed by atoms with Gasteiger partial charge in [0.25, 0.3) is 0 Å². The Balaban J connectivity index is 0.000000550. The number of carbonyl (C=O) groups excluding carboxylic acids is 1. The highest BCUT2D eigenvalue weighted by Gasteiger charge is 2.37. The van der Waals surface area contributed by atoms with E-state index in [1.54, 1.807) is 43.3 Å². The Hall–Kier alpha value is -3.02. The fourth-order valence-electron chi connectivity index (χ4n) is 2.14. The summed E-state index contributed by atoms with van der Waals surface area (Å²) < 4.78 is 9.26. The number of hydrogen-bond donors (Lipinski definition) is 2. The first-order valence-corrected chi connectivity index (χ1v) is 7.47. The summed E-state index contributed by atoms with van der Waals surface area (Å²) in [5.74, 6) is -0.498. The van der Waals surface area contributed by atoms with Crippen LogP contribution in [0.2, 0.25) is 0 Å². The average Bonchev–Trinajstić information content (AvgIpc) is 2.62. The second kappa shape index (κ2) is 8.73. The van der Waals surface area contributed by atoms with Crippen molar-refractivity contribution in [3.05, 3.63) is 59.7 Å². The van der Waals surface area contributed by atoms with Gasteiger partial charge in [0.05, 0.1) is 14.2 Å². The Morgan fingerprint density at radius 2 is 1.56 bits per heavy atom. The largest absolute Gasteiger partial charge is 0.508 e. The Morgan fingerprint density at radius 1 is 1.00 bits per heavy atom. The van der Waals surface area contributed by atoms with Gasteiger partial charge in [0, 0.05) is 6.92 Å². The lowest BCUT2D eigenvalue weighted by atomic mass is 9.76. The van der Waals surface area contributed by atoms with E-state index < -0.39 is 11.4 Å². The monoisotopic (exact) mass is 346 g/mol. The van der Waals surface area contributed by atoms with Gasteiger partial charge >= 0.3 is 11.9 Å². The van der Waals surface area contributed by atoms with Gasteiger partial charge in [0.2, 0.25) is 0 Å². The molecular formula is C19H22O6. The van der Waals surface area contributed by atoms with Crippen LogP contribution in [0, 0.1) is 0 Å². The summed E-state index contributed by atoms with van der Waals surface area (Å²) in [5, 5.41) is 19.0. The molecule has 0 bridgehead atoms. The SMILES string of the molecule is COC(C)=O.COc1cccc(C(C)(C(=O)O)c2ccc(O)cc2)c1. The first-order chi connectivity index (χ1) is 11.7. The van der Waals surface area contributed by atoms with Crippen molar-refractivity contribution in [1.29, 1.82) is 0 Å². The molecule has 6 heteroatoms. The molecule has 0 saturated carbocycles. The van der Waals surface area contributed by atoms with Gasteiger partial charge in [-0.1, -0.05) is 24.3 Å². The van der Waals surface area contributed by atoms with Crippen molar-refractivity contribution in [2.45, 2.75) is 19.3 Å². The van der Waals surface area contributed by atoms with Crippen molar-refractivity contribution in [2.75, 3.05) is 14.2 Å². The quantitative estimate of drug-likeness (QED) is 0.827. The van der Waals surface area contributed by atoms with E-state index in [1.807, 2.05) is 0 Å². The zero-order valence-electron chi connectivity index (χ0n) is 14.6. The summed E-state index contributed by atoms with van der Waals surface area (Å²) in [7, 11) is 2.89. The van der Waals surface area contributed by atoms with Gasteiger partial charge in [0.15, 0.2) is 0 Å². The summed E-state index contributed by atoms with van der Waals surface area (Å²) in [5.41, 5.74) is 0.00786. The third-order valence-electron chi connectivity index (χ3n) is 3.81. The lowest BCUT2D eigenvalue weighted by Gasteiger charge is -2.26. The maximum absolute atomic E-state index is 11.8. The third-order valence-corrected chi connectivity index (χ3v) is 3.81. The number of carbonyl (C=O) groups is 2. The number of ether oxygens (including phenoxy) is 2. The van der Waals surface area contributed by atoms with Crippen LogP contribution in [0.1, 0.15) is 25.0 Å². The highest BCUT2D eigenvalue weighted by molar-refractivity contribution is 5.85. The number of phenolic OH excluding ortho intramolecular Hbond substituents is 1. The highest BCUT2D eigenvalue weighted by Crippen LogP contribution is 2.34. The molecule has 134 valence electrons. The van der Waals surface area contributed by atoms with Gasteiger partial charge in [-0.3, -0.25) is 9.59 Å². The minimum Gasteiger partial charge on any atom is -0.508 e.